The van der Waals surface area contributed by atoms with E-state index >= 15 is 0 Å². The number of nitrogens with zero attached hydrogens (tertiary/aromatic N) is 1. The summed E-state index contributed by atoms with van der Waals surface area (Å²) >= 11 is 0. The van der Waals surface area contributed by atoms with Gasteiger partial charge in [0.15, 0.2) is 0 Å². The quantitative estimate of drug-likeness (QED) is 0.608. The number of amides is 1. The third-order valence-corrected chi connectivity index (χ3v) is 2.69. The second kappa shape index (κ2) is 7.74. The third kappa shape index (κ3) is 5.70. The molecule has 0 unspecified atom stereocenters. The summed E-state index contributed by atoms with van der Waals surface area (Å²) in [5, 5.41) is 1.62. The molecule has 1 aromatic carbocycles. The van der Waals surface area contributed by atoms with Gasteiger partial charge in [0.05, 0.1) is 7.11 Å². The van der Waals surface area contributed by atoms with Crippen LogP contribution in [0.4, 0.5) is 4.39 Å². The van der Waals surface area contributed by atoms with Crippen molar-refractivity contribution in [2.24, 2.45) is 0 Å². The number of aryl methyl sites for hydroxylation is 1. The summed E-state index contributed by atoms with van der Waals surface area (Å²) in [6, 6.07) is 4.50. The van der Waals surface area contributed by atoms with E-state index in [1.807, 2.05) is 0 Å². The molecule has 1 amide bonds. The first kappa shape index (κ1) is 15.4. The molecule has 0 atom stereocenters. The van der Waals surface area contributed by atoms with E-state index in [0.717, 1.165) is 18.4 Å². The molecule has 0 fully saturated rings. The van der Waals surface area contributed by atoms with E-state index in [1.54, 1.807) is 32.3 Å². The summed E-state index contributed by atoms with van der Waals surface area (Å²) < 4.78 is 18.3. The average molecular weight is 268 g/mol. The van der Waals surface area contributed by atoms with Gasteiger partial charge in [0.2, 0.25) is 5.91 Å². The number of unbranched alkanes of at least 4 members (excludes halogenated alkanes) is 1. The smallest absolute Gasteiger partial charge is 0.234 e. The zero-order chi connectivity index (χ0) is 14.3. The lowest BCUT2D eigenvalue weighted by Gasteiger charge is -2.12. The topological polar surface area (TPSA) is 41.6 Å². The Bertz CT molecular complexity index is 422. The molecule has 0 aromatic heterocycles. The van der Waals surface area contributed by atoms with Crippen LogP contribution in [0, 0.1) is 5.82 Å². The fourth-order valence-electron chi connectivity index (χ4n) is 1.85. The highest BCUT2D eigenvalue weighted by atomic mass is 19.1. The maximum atomic E-state index is 13.1. The molecule has 4 nitrogen and oxygen atoms in total. The number of rotatable bonds is 7. The van der Waals surface area contributed by atoms with Crippen LogP contribution in [0.1, 0.15) is 24.8 Å². The average Bonchev–Trinajstić information content (AvgIpc) is 2.34. The molecule has 0 spiro atoms. The van der Waals surface area contributed by atoms with Gasteiger partial charge in [0.25, 0.3) is 0 Å². The first-order chi connectivity index (χ1) is 9.02. The van der Waals surface area contributed by atoms with Crippen molar-refractivity contribution in [1.82, 2.24) is 10.4 Å². The number of halogens is 1. The number of methoxy groups -OCH3 is 1. The zero-order valence-electron chi connectivity index (χ0n) is 11.7. The lowest BCUT2D eigenvalue weighted by molar-refractivity contribution is -0.124. The molecule has 1 N–H and O–H groups in total. The van der Waals surface area contributed by atoms with Crippen molar-refractivity contribution >= 4 is 5.91 Å². The molecule has 1 rings (SSSR count). The second-order valence-corrected chi connectivity index (χ2v) is 4.59. The van der Waals surface area contributed by atoms with Crippen LogP contribution in [-0.4, -0.2) is 32.1 Å². The van der Waals surface area contributed by atoms with Crippen LogP contribution in [0.15, 0.2) is 18.2 Å². The number of nitrogens with one attached hydrogen (secondary N) is 1. The van der Waals surface area contributed by atoms with Crippen LogP contribution in [-0.2, 0) is 11.2 Å². The van der Waals surface area contributed by atoms with Crippen molar-refractivity contribution < 1.29 is 13.9 Å². The normalized spacial score (nSPS) is 10.6. The molecule has 5 heteroatoms. The molecule has 0 aliphatic carbocycles. The second-order valence-electron chi connectivity index (χ2n) is 4.59. The van der Waals surface area contributed by atoms with E-state index < -0.39 is 0 Å². The van der Waals surface area contributed by atoms with Gasteiger partial charge in [0.1, 0.15) is 11.6 Å². The fraction of sp³-hybridized carbons (Fsp3) is 0.500. The van der Waals surface area contributed by atoms with E-state index in [9.17, 15) is 9.18 Å². The van der Waals surface area contributed by atoms with Crippen molar-refractivity contribution in [3.05, 3.63) is 29.6 Å². The van der Waals surface area contributed by atoms with Crippen molar-refractivity contribution in [2.45, 2.75) is 25.7 Å². The van der Waals surface area contributed by atoms with E-state index in [0.29, 0.717) is 18.6 Å². The Morgan fingerprint density at radius 3 is 2.74 bits per heavy atom. The highest BCUT2D eigenvalue weighted by molar-refractivity contribution is 5.75. The zero-order valence-corrected chi connectivity index (χ0v) is 11.7. The van der Waals surface area contributed by atoms with Crippen molar-refractivity contribution in [1.29, 1.82) is 0 Å². The van der Waals surface area contributed by atoms with E-state index in [-0.39, 0.29) is 11.7 Å². The van der Waals surface area contributed by atoms with Crippen molar-refractivity contribution in [3.8, 4) is 5.75 Å². The predicted molar refractivity (Wildman–Crippen MR) is 72.3 cm³/mol. The van der Waals surface area contributed by atoms with E-state index in [4.69, 9.17) is 4.74 Å². The van der Waals surface area contributed by atoms with Crippen LogP contribution in [0.25, 0.3) is 0 Å². The number of carbonyl (C=O) groups excluding carboxylic acids is 1. The number of hydrazine groups is 1. The predicted octanol–water partition coefficient (Wildman–Crippen LogP) is 2.14. The third-order valence-electron chi connectivity index (χ3n) is 2.69. The summed E-state index contributed by atoms with van der Waals surface area (Å²) in [5.41, 5.74) is 3.53. The van der Waals surface area contributed by atoms with Crippen LogP contribution >= 0.6 is 0 Å². The highest BCUT2D eigenvalue weighted by Crippen LogP contribution is 2.21. The Labute approximate surface area is 113 Å². The molecular formula is C14H21FN2O2. The number of carbonyl (C=O) groups is 1. The number of hydrogen-bond donors (Lipinski definition) is 1. The minimum absolute atomic E-state index is 0.00351. The first-order valence-corrected chi connectivity index (χ1v) is 6.32. The summed E-state index contributed by atoms with van der Waals surface area (Å²) in [7, 11) is 5.12. The molecule has 0 aliphatic rings. The largest absolute Gasteiger partial charge is 0.496 e. The standard InChI is InChI=1S/C14H21FN2O2/c1-17(2)16-14(18)7-5-4-6-11-10-12(15)8-9-13(11)19-3/h8-10H,4-7H2,1-3H3,(H,16,18). The Balaban J connectivity index is 2.37. The van der Waals surface area contributed by atoms with Crippen LogP contribution in [0.2, 0.25) is 0 Å². The van der Waals surface area contributed by atoms with Crippen LogP contribution in [0.5, 0.6) is 5.75 Å². The molecule has 0 bridgehead atoms. The number of hydrogen-bond acceptors (Lipinski definition) is 3. The molecule has 1 aromatic rings. The summed E-state index contributed by atoms with van der Waals surface area (Å²) in [4.78, 5) is 11.4. The Kier molecular flexibility index (Phi) is 6.29. The molecule has 0 saturated carbocycles. The maximum Gasteiger partial charge on any atom is 0.234 e. The monoisotopic (exact) mass is 268 g/mol. The van der Waals surface area contributed by atoms with Gasteiger partial charge in [-0.1, -0.05) is 0 Å². The summed E-state index contributed by atoms with van der Waals surface area (Å²) in [5.74, 6) is 0.427. The Morgan fingerprint density at radius 1 is 1.37 bits per heavy atom. The van der Waals surface area contributed by atoms with Gasteiger partial charge in [-0.15, -0.1) is 0 Å². The van der Waals surface area contributed by atoms with Gasteiger partial charge < -0.3 is 4.74 Å². The highest BCUT2D eigenvalue weighted by Gasteiger charge is 2.06. The van der Waals surface area contributed by atoms with Gasteiger partial charge in [-0.05, 0) is 43.0 Å². The lowest BCUT2D eigenvalue weighted by Crippen LogP contribution is -2.35. The Hall–Kier alpha value is -1.62. The minimum Gasteiger partial charge on any atom is -0.496 e. The van der Waals surface area contributed by atoms with Crippen molar-refractivity contribution in [3.63, 3.8) is 0 Å². The van der Waals surface area contributed by atoms with Gasteiger partial charge in [-0.25, -0.2) is 9.40 Å². The fourth-order valence-corrected chi connectivity index (χ4v) is 1.85. The number of ether oxygens (including phenoxy) is 1. The number of benzene rings is 1. The van der Waals surface area contributed by atoms with E-state index in [1.165, 1.54) is 12.1 Å². The Morgan fingerprint density at radius 2 is 2.11 bits per heavy atom. The summed E-state index contributed by atoms with van der Waals surface area (Å²) in [6.45, 7) is 0. The minimum atomic E-state index is -0.263. The molecule has 0 heterocycles. The molecule has 0 aliphatic heterocycles. The van der Waals surface area contributed by atoms with Crippen molar-refractivity contribution in [2.75, 3.05) is 21.2 Å². The molecule has 0 radical (unpaired) electrons. The summed E-state index contributed by atoms with van der Waals surface area (Å²) in [6.07, 6.45) is 2.76. The lowest BCUT2D eigenvalue weighted by atomic mass is 10.1. The van der Waals surface area contributed by atoms with Crippen LogP contribution < -0.4 is 10.2 Å². The molecular weight excluding hydrogens is 247 g/mol. The van der Waals surface area contributed by atoms with Gasteiger partial charge >= 0.3 is 0 Å². The first-order valence-electron chi connectivity index (χ1n) is 6.32. The molecule has 106 valence electrons. The van der Waals surface area contributed by atoms with Gasteiger partial charge in [0, 0.05) is 20.5 Å². The SMILES string of the molecule is COc1ccc(F)cc1CCCCC(=O)NN(C)C. The van der Waals surface area contributed by atoms with Gasteiger partial charge in [-0.2, -0.15) is 0 Å². The molecule has 0 saturated heterocycles. The van der Waals surface area contributed by atoms with Gasteiger partial charge in [-0.3, -0.25) is 10.2 Å². The molecule has 19 heavy (non-hydrogen) atoms. The van der Waals surface area contributed by atoms with Crippen LogP contribution in [0.3, 0.4) is 0 Å². The van der Waals surface area contributed by atoms with E-state index in [2.05, 4.69) is 5.43 Å². The maximum absolute atomic E-state index is 13.1.